The molecule has 1 unspecified atom stereocenters. The van der Waals surface area contributed by atoms with E-state index < -0.39 is 17.8 Å². The second-order valence-electron chi connectivity index (χ2n) is 5.55. The van der Waals surface area contributed by atoms with Gasteiger partial charge in [-0.1, -0.05) is 38.0 Å². The third-order valence-electron chi connectivity index (χ3n) is 4.19. The number of rotatable bonds is 3. The molecule has 1 aromatic rings. The third kappa shape index (κ3) is 2.77. The summed E-state index contributed by atoms with van der Waals surface area (Å²) in [5, 5.41) is 0. The van der Waals surface area contributed by atoms with Crippen molar-refractivity contribution in [3.8, 4) is 0 Å². The summed E-state index contributed by atoms with van der Waals surface area (Å²) < 4.78 is 39.3. The molecule has 2 rings (SSSR count). The van der Waals surface area contributed by atoms with E-state index in [1.165, 1.54) is 12.1 Å². The normalized spacial score (nSPS) is 20.5. The van der Waals surface area contributed by atoms with Gasteiger partial charge in [-0.2, -0.15) is 13.2 Å². The summed E-state index contributed by atoms with van der Waals surface area (Å²) in [5.41, 5.74) is 2.06. The maximum absolute atomic E-state index is 13.1. The molecule has 0 bridgehead atoms. The van der Waals surface area contributed by atoms with E-state index in [0.717, 1.165) is 31.7 Å². The van der Waals surface area contributed by atoms with Gasteiger partial charge in [-0.25, -0.2) is 0 Å². The van der Waals surface area contributed by atoms with E-state index in [4.69, 9.17) is 5.84 Å². The van der Waals surface area contributed by atoms with Gasteiger partial charge in [-0.3, -0.25) is 11.3 Å². The predicted octanol–water partition coefficient (Wildman–Crippen LogP) is 3.79. The molecule has 2 nitrogen and oxygen atoms in total. The zero-order valence-electron chi connectivity index (χ0n) is 10.9. The number of nitrogens with two attached hydrogens (primary N) is 1. The molecule has 1 fully saturated rings. The van der Waals surface area contributed by atoms with Gasteiger partial charge in [0.1, 0.15) is 0 Å². The first-order valence-electron chi connectivity index (χ1n) is 6.51. The van der Waals surface area contributed by atoms with E-state index in [1.807, 2.05) is 6.92 Å². The first kappa shape index (κ1) is 14.3. The van der Waals surface area contributed by atoms with Crippen molar-refractivity contribution in [2.75, 3.05) is 0 Å². The van der Waals surface area contributed by atoms with Gasteiger partial charge in [0.05, 0.1) is 11.6 Å². The van der Waals surface area contributed by atoms with Gasteiger partial charge in [-0.15, -0.1) is 0 Å². The zero-order chi connectivity index (χ0) is 14.1. The number of halogens is 3. The third-order valence-corrected chi connectivity index (χ3v) is 4.19. The van der Waals surface area contributed by atoms with Crippen molar-refractivity contribution < 1.29 is 13.2 Å². The quantitative estimate of drug-likeness (QED) is 0.649. The average molecular weight is 272 g/mol. The summed E-state index contributed by atoms with van der Waals surface area (Å²) in [6, 6.07) is 5.23. The van der Waals surface area contributed by atoms with Crippen LogP contribution in [0.25, 0.3) is 0 Å². The van der Waals surface area contributed by atoms with E-state index >= 15 is 0 Å². The minimum Gasteiger partial charge on any atom is -0.271 e. The molecular formula is C14H19F3N2. The fourth-order valence-corrected chi connectivity index (χ4v) is 3.14. The molecule has 0 spiro atoms. The van der Waals surface area contributed by atoms with Gasteiger partial charge in [0.2, 0.25) is 0 Å². The number of hydrazine groups is 1. The number of hydrogen-bond donors (Lipinski definition) is 2. The Labute approximate surface area is 111 Å². The Morgan fingerprint density at radius 1 is 1.21 bits per heavy atom. The van der Waals surface area contributed by atoms with Crippen LogP contribution in [0.2, 0.25) is 0 Å². The van der Waals surface area contributed by atoms with Crippen LogP contribution in [0, 0.1) is 5.41 Å². The Hall–Kier alpha value is -1.07. The van der Waals surface area contributed by atoms with E-state index in [1.54, 1.807) is 6.07 Å². The van der Waals surface area contributed by atoms with Crippen LogP contribution < -0.4 is 11.3 Å². The molecule has 1 aliphatic rings. The molecule has 19 heavy (non-hydrogen) atoms. The minimum atomic E-state index is -4.35. The Balaban J connectivity index is 2.44. The van der Waals surface area contributed by atoms with Crippen LogP contribution >= 0.6 is 0 Å². The molecule has 0 aliphatic heterocycles. The van der Waals surface area contributed by atoms with Crippen LogP contribution in [0.1, 0.15) is 49.8 Å². The molecule has 0 amide bonds. The predicted molar refractivity (Wildman–Crippen MR) is 68.1 cm³/mol. The van der Waals surface area contributed by atoms with Gasteiger partial charge < -0.3 is 0 Å². The molecule has 0 saturated heterocycles. The highest BCUT2D eigenvalue weighted by Gasteiger charge is 2.42. The summed E-state index contributed by atoms with van der Waals surface area (Å²) >= 11 is 0. The fourth-order valence-electron chi connectivity index (χ4n) is 3.14. The number of alkyl halides is 3. The van der Waals surface area contributed by atoms with E-state index in [9.17, 15) is 13.2 Å². The minimum absolute atomic E-state index is 0.212. The maximum Gasteiger partial charge on any atom is 0.416 e. The summed E-state index contributed by atoms with van der Waals surface area (Å²) in [6.45, 7) is 2.01. The van der Waals surface area contributed by atoms with Crippen molar-refractivity contribution in [1.29, 1.82) is 0 Å². The Morgan fingerprint density at radius 3 is 2.32 bits per heavy atom. The molecule has 1 aliphatic carbocycles. The van der Waals surface area contributed by atoms with Crippen molar-refractivity contribution in [3.63, 3.8) is 0 Å². The highest BCUT2D eigenvalue weighted by Crippen LogP contribution is 2.49. The summed E-state index contributed by atoms with van der Waals surface area (Å²) in [5.74, 6) is 5.56. The van der Waals surface area contributed by atoms with Crippen molar-refractivity contribution in [2.45, 2.75) is 44.8 Å². The van der Waals surface area contributed by atoms with Crippen LogP contribution in [0.3, 0.4) is 0 Å². The van der Waals surface area contributed by atoms with Crippen LogP contribution in [-0.4, -0.2) is 0 Å². The van der Waals surface area contributed by atoms with E-state index in [-0.39, 0.29) is 11.0 Å². The number of nitrogens with one attached hydrogen (secondary N) is 1. The van der Waals surface area contributed by atoms with Crippen LogP contribution in [-0.2, 0) is 6.18 Å². The second kappa shape index (κ2) is 5.13. The van der Waals surface area contributed by atoms with Gasteiger partial charge in [0.25, 0.3) is 0 Å². The smallest absolute Gasteiger partial charge is 0.271 e. The molecule has 106 valence electrons. The number of hydrogen-bond acceptors (Lipinski definition) is 2. The van der Waals surface area contributed by atoms with Crippen molar-refractivity contribution in [1.82, 2.24) is 5.43 Å². The van der Waals surface area contributed by atoms with Crippen LogP contribution in [0.4, 0.5) is 13.2 Å². The zero-order valence-corrected chi connectivity index (χ0v) is 10.9. The molecule has 1 aromatic carbocycles. The Morgan fingerprint density at radius 2 is 1.79 bits per heavy atom. The van der Waals surface area contributed by atoms with Gasteiger partial charge in [-0.05, 0) is 29.9 Å². The van der Waals surface area contributed by atoms with Crippen molar-refractivity contribution in [3.05, 3.63) is 35.4 Å². The van der Waals surface area contributed by atoms with Gasteiger partial charge >= 0.3 is 6.18 Å². The molecule has 0 aromatic heterocycles. The summed E-state index contributed by atoms with van der Waals surface area (Å²) in [6.07, 6.45) is -0.464. The van der Waals surface area contributed by atoms with Crippen molar-refractivity contribution >= 4 is 0 Å². The van der Waals surface area contributed by atoms with Crippen molar-refractivity contribution in [2.24, 2.45) is 11.3 Å². The standard InChI is InChI=1S/C14H19F3N2/c1-13(8-4-5-9-13)12(19-18)10-6-2-3-7-11(10)14(15,16)17/h2-3,6-7,12,19H,4-5,8-9,18H2,1H3. The lowest BCUT2D eigenvalue weighted by molar-refractivity contribution is -0.138. The van der Waals surface area contributed by atoms with E-state index in [0.29, 0.717) is 0 Å². The lowest BCUT2D eigenvalue weighted by Gasteiger charge is -2.35. The second-order valence-corrected chi connectivity index (χ2v) is 5.55. The Kier molecular flexibility index (Phi) is 3.87. The lowest BCUT2D eigenvalue weighted by atomic mass is 9.76. The molecule has 0 radical (unpaired) electrons. The molecular weight excluding hydrogens is 253 g/mol. The van der Waals surface area contributed by atoms with Crippen LogP contribution in [0.5, 0.6) is 0 Å². The molecule has 0 heterocycles. The largest absolute Gasteiger partial charge is 0.416 e. The van der Waals surface area contributed by atoms with Crippen LogP contribution in [0.15, 0.2) is 24.3 Å². The van der Waals surface area contributed by atoms with Gasteiger partial charge in [0.15, 0.2) is 0 Å². The highest BCUT2D eigenvalue weighted by molar-refractivity contribution is 5.33. The maximum atomic E-state index is 13.1. The summed E-state index contributed by atoms with van der Waals surface area (Å²) in [7, 11) is 0. The monoisotopic (exact) mass is 272 g/mol. The summed E-state index contributed by atoms with van der Waals surface area (Å²) in [4.78, 5) is 0. The number of benzene rings is 1. The fraction of sp³-hybridized carbons (Fsp3) is 0.571. The molecule has 1 atom stereocenters. The van der Waals surface area contributed by atoms with Gasteiger partial charge in [0, 0.05) is 0 Å². The molecule has 5 heteroatoms. The van der Waals surface area contributed by atoms with E-state index in [2.05, 4.69) is 5.43 Å². The lowest BCUT2D eigenvalue weighted by Crippen LogP contribution is -2.39. The average Bonchev–Trinajstić information content (AvgIpc) is 2.77. The first-order valence-corrected chi connectivity index (χ1v) is 6.51. The molecule has 1 saturated carbocycles. The molecule has 3 N–H and O–H groups in total. The first-order chi connectivity index (χ1) is 8.88. The highest BCUT2D eigenvalue weighted by atomic mass is 19.4. The topological polar surface area (TPSA) is 38.0 Å². The Bertz CT molecular complexity index is 437. The SMILES string of the molecule is CC1(C(NN)c2ccccc2C(F)(F)F)CCCC1.